The minimum atomic E-state index is -0.759. The molecule has 106 valence electrons. The fourth-order valence-corrected chi connectivity index (χ4v) is 2.44. The molecule has 1 atom stereocenters. The number of Topliss-reactive ketones (excluding diaryl/α,β-unsaturated/α-hetero) is 1. The van der Waals surface area contributed by atoms with Gasteiger partial charge in [0, 0.05) is 10.0 Å². The van der Waals surface area contributed by atoms with Gasteiger partial charge in [-0.25, -0.2) is 0 Å². The molecule has 0 amide bonds. The van der Waals surface area contributed by atoms with E-state index in [2.05, 4.69) is 22.0 Å². The third kappa shape index (κ3) is 3.22. The number of benzene rings is 2. The van der Waals surface area contributed by atoms with E-state index in [0.717, 1.165) is 26.7 Å². The quantitative estimate of drug-likeness (QED) is 0.747. The maximum absolute atomic E-state index is 12.6. The number of aryl methyl sites for hydroxylation is 3. The molecule has 0 saturated carbocycles. The van der Waals surface area contributed by atoms with Crippen LogP contribution in [0.15, 0.2) is 40.9 Å². The molecule has 2 rings (SSSR count). The van der Waals surface area contributed by atoms with E-state index in [1.807, 2.05) is 51.1 Å². The van der Waals surface area contributed by atoms with E-state index in [9.17, 15) is 10.1 Å². The van der Waals surface area contributed by atoms with E-state index in [1.54, 1.807) is 6.07 Å². The minimum absolute atomic E-state index is 0.156. The Morgan fingerprint density at radius 2 is 1.76 bits per heavy atom. The van der Waals surface area contributed by atoms with Crippen LogP contribution in [0.3, 0.4) is 0 Å². The van der Waals surface area contributed by atoms with Crippen molar-refractivity contribution >= 4 is 21.7 Å². The number of carbonyl (C=O) groups excluding carboxylic acids is 1. The van der Waals surface area contributed by atoms with Gasteiger partial charge >= 0.3 is 0 Å². The van der Waals surface area contributed by atoms with Crippen LogP contribution in [-0.2, 0) is 0 Å². The fraction of sp³-hybridized carbons (Fsp3) is 0.222. The Labute approximate surface area is 133 Å². The van der Waals surface area contributed by atoms with Crippen molar-refractivity contribution < 1.29 is 4.79 Å². The molecule has 1 unspecified atom stereocenters. The van der Waals surface area contributed by atoms with Crippen LogP contribution in [0.4, 0.5) is 0 Å². The summed E-state index contributed by atoms with van der Waals surface area (Å²) < 4.78 is 0.957. The van der Waals surface area contributed by atoms with Gasteiger partial charge in [0.25, 0.3) is 0 Å². The van der Waals surface area contributed by atoms with E-state index in [1.165, 1.54) is 0 Å². The predicted molar refractivity (Wildman–Crippen MR) is 87.5 cm³/mol. The van der Waals surface area contributed by atoms with Gasteiger partial charge in [-0.3, -0.25) is 4.79 Å². The average molecular weight is 342 g/mol. The molecule has 0 aliphatic carbocycles. The third-order valence-electron chi connectivity index (χ3n) is 3.70. The van der Waals surface area contributed by atoms with Crippen LogP contribution in [0.5, 0.6) is 0 Å². The monoisotopic (exact) mass is 341 g/mol. The van der Waals surface area contributed by atoms with Gasteiger partial charge in [-0.1, -0.05) is 40.2 Å². The standard InChI is InChI=1S/C18H16BrNO/c1-11-4-5-14(8-12(11)2)16(10-20)18(21)15-6-7-17(19)13(3)9-15/h4-9,16H,1-3H3. The number of rotatable bonds is 3. The summed E-state index contributed by atoms with van der Waals surface area (Å²) in [7, 11) is 0. The number of hydrogen-bond acceptors (Lipinski definition) is 2. The summed E-state index contributed by atoms with van der Waals surface area (Å²) in [6.07, 6.45) is 0. The molecule has 0 spiro atoms. The summed E-state index contributed by atoms with van der Waals surface area (Å²) in [5.74, 6) is -0.916. The summed E-state index contributed by atoms with van der Waals surface area (Å²) in [6.45, 7) is 5.93. The van der Waals surface area contributed by atoms with Crippen LogP contribution in [0.2, 0.25) is 0 Å². The van der Waals surface area contributed by atoms with Crippen LogP contribution in [-0.4, -0.2) is 5.78 Å². The highest BCUT2D eigenvalue weighted by Crippen LogP contribution is 2.25. The number of nitriles is 1. The van der Waals surface area contributed by atoms with Crippen molar-refractivity contribution in [2.75, 3.05) is 0 Å². The molecule has 3 heteroatoms. The second-order valence-corrected chi connectivity index (χ2v) is 6.09. The number of nitrogens with zero attached hydrogens (tertiary/aromatic N) is 1. The first-order valence-corrected chi connectivity index (χ1v) is 7.50. The van der Waals surface area contributed by atoms with E-state index < -0.39 is 5.92 Å². The molecule has 21 heavy (non-hydrogen) atoms. The molecular formula is C18H16BrNO. The van der Waals surface area contributed by atoms with E-state index >= 15 is 0 Å². The van der Waals surface area contributed by atoms with Crippen LogP contribution >= 0.6 is 15.9 Å². The number of carbonyl (C=O) groups is 1. The predicted octanol–water partition coefficient (Wildman–Crippen LogP) is 4.86. The molecule has 0 aliphatic heterocycles. The first kappa shape index (κ1) is 15.5. The van der Waals surface area contributed by atoms with Crippen LogP contribution in [0.1, 0.15) is 38.5 Å². The Hall–Kier alpha value is -1.92. The zero-order valence-corrected chi connectivity index (χ0v) is 13.9. The lowest BCUT2D eigenvalue weighted by atomic mass is 9.89. The molecular weight excluding hydrogens is 326 g/mol. The van der Waals surface area contributed by atoms with Crippen LogP contribution < -0.4 is 0 Å². The van der Waals surface area contributed by atoms with Crippen molar-refractivity contribution in [1.29, 1.82) is 5.26 Å². The minimum Gasteiger partial charge on any atom is -0.292 e. The van der Waals surface area contributed by atoms with Gasteiger partial charge in [-0.05, 0) is 55.2 Å². The first-order valence-electron chi connectivity index (χ1n) is 6.71. The Morgan fingerprint density at radius 3 is 2.33 bits per heavy atom. The normalized spacial score (nSPS) is 11.8. The smallest absolute Gasteiger partial charge is 0.184 e. The molecule has 2 nitrogen and oxygen atoms in total. The zero-order valence-electron chi connectivity index (χ0n) is 12.3. The molecule has 0 aliphatic rings. The Kier molecular flexibility index (Phi) is 4.59. The maximum Gasteiger partial charge on any atom is 0.184 e. The van der Waals surface area contributed by atoms with Gasteiger partial charge in [0.15, 0.2) is 5.78 Å². The Morgan fingerprint density at radius 1 is 1.05 bits per heavy atom. The molecule has 0 fully saturated rings. The number of ketones is 1. The Bertz CT molecular complexity index is 743. The van der Waals surface area contributed by atoms with Gasteiger partial charge in [-0.15, -0.1) is 0 Å². The molecule has 0 aromatic heterocycles. The molecule has 0 saturated heterocycles. The second-order valence-electron chi connectivity index (χ2n) is 5.23. The van der Waals surface area contributed by atoms with Crippen molar-refractivity contribution in [1.82, 2.24) is 0 Å². The van der Waals surface area contributed by atoms with Crippen molar-refractivity contribution in [2.24, 2.45) is 0 Å². The largest absolute Gasteiger partial charge is 0.292 e. The number of halogens is 1. The van der Waals surface area contributed by atoms with Gasteiger partial charge in [0.05, 0.1) is 6.07 Å². The SMILES string of the molecule is Cc1ccc(C(C#N)C(=O)c2ccc(Br)c(C)c2)cc1C. The molecule has 2 aromatic rings. The lowest BCUT2D eigenvalue weighted by molar-refractivity contribution is 0.0979. The van der Waals surface area contributed by atoms with Crippen molar-refractivity contribution in [2.45, 2.75) is 26.7 Å². The average Bonchev–Trinajstić information content (AvgIpc) is 2.46. The van der Waals surface area contributed by atoms with Gasteiger partial charge in [0.1, 0.15) is 5.92 Å². The molecule has 0 N–H and O–H groups in total. The maximum atomic E-state index is 12.6. The zero-order chi connectivity index (χ0) is 15.6. The first-order chi connectivity index (χ1) is 9.93. The van der Waals surface area contributed by atoms with Crippen LogP contribution in [0, 0.1) is 32.1 Å². The molecule has 0 bridgehead atoms. The lowest BCUT2D eigenvalue weighted by Crippen LogP contribution is -2.12. The van der Waals surface area contributed by atoms with Crippen molar-refractivity contribution in [3.63, 3.8) is 0 Å². The van der Waals surface area contributed by atoms with Crippen molar-refractivity contribution in [3.05, 3.63) is 68.7 Å². The van der Waals surface area contributed by atoms with Gasteiger partial charge in [0.2, 0.25) is 0 Å². The summed E-state index contributed by atoms with van der Waals surface area (Å²) in [5, 5.41) is 9.42. The van der Waals surface area contributed by atoms with Crippen LogP contribution in [0.25, 0.3) is 0 Å². The van der Waals surface area contributed by atoms with Gasteiger partial charge < -0.3 is 0 Å². The summed E-state index contributed by atoms with van der Waals surface area (Å²) in [4.78, 5) is 12.6. The number of hydrogen-bond donors (Lipinski definition) is 0. The summed E-state index contributed by atoms with van der Waals surface area (Å²) in [5.41, 5.74) is 4.55. The molecule has 2 aromatic carbocycles. The summed E-state index contributed by atoms with van der Waals surface area (Å²) in [6, 6.07) is 13.3. The second kappa shape index (κ2) is 6.24. The van der Waals surface area contributed by atoms with E-state index in [4.69, 9.17) is 0 Å². The van der Waals surface area contributed by atoms with Crippen molar-refractivity contribution in [3.8, 4) is 6.07 Å². The third-order valence-corrected chi connectivity index (χ3v) is 4.59. The topological polar surface area (TPSA) is 40.9 Å². The fourth-order valence-electron chi connectivity index (χ4n) is 2.19. The highest BCUT2D eigenvalue weighted by atomic mass is 79.9. The summed E-state index contributed by atoms with van der Waals surface area (Å²) >= 11 is 3.42. The van der Waals surface area contributed by atoms with Gasteiger partial charge in [-0.2, -0.15) is 5.26 Å². The van der Waals surface area contributed by atoms with E-state index in [0.29, 0.717) is 5.56 Å². The lowest BCUT2D eigenvalue weighted by Gasteiger charge is -2.11. The molecule has 0 radical (unpaired) electrons. The highest BCUT2D eigenvalue weighted by Gasteiger charge is 2.22. The highest BCUT2D eigenvalue weighted by molar-refractivity contribution is 9.10. The molecule has 0 heterocycles. The van der Waals surface area contributed by atoms with E-state index in [-0.39, 0.29) is 5.78 Å². The Balaban J connectivity index is 2.41.